The van der Waals surface area contributed by atoms with E-state index in [4.69, 9.17) is 14.2 Å². The molecule has 0 aliphatic carbocycles. The third kappa shape index (κ3) is 59.3. The van der Waals surface area contributed by atoms with E-state index in [0.717, 1.165) is 83.5 Å². The summed E-state index contributed by atoms with van der Waals surface area (Å²) in [6.07, 6.45) is 91.7. The summed E-state index contributed by atoms with van der Waals surface area (Å²) < 4.78 is 16.8. The number of hydrogen-bond donors (Lipinski definition) is 0. The lowest BCUT2D eigenvalue weighted by molar-refractivity contribution is -0.166. The van der Waals surface area contributed by atoms with Gasteiger partial charge < -0.3 is 14.2 Å². The van der Waals surface area contributed by atoms with Crippen LogP contribution in [0.15, 0.2) is 182 Å². The topological polar surface area (TPSA) is 78.9 Å². The first-order valence-corrected chi connectivity index (χ1v) is 29.4. The molecule has 0 heterocycles. The molecular weight excluding hydrogens is 925 g/mol. The molecule has 0 saturated heterocycles. The monoisotopic (exact) mass is 1030 g/mol. The van der Waals surface area contributed by atoms with E-state index in [1.165, 1.54) is 77.0 Å². The molecule has 0 spiro atoms. The Morgan fingerprint density at radius 3 is 1.03 bits per heavy atom. The second-order valence-corrected chi connectivity index (χ2v) is 18.6. The number of hydrogen-bond acceptors (Lipinski definition) is 6. The number of esters is 3. The van der Waals surface area contributed by atoms with Crippen molar-refractivity contribution in [3.63, 3.8) is 0 Å². The van der Waals surface area contributed by atoms with Crippen LogP contribution in [-0.4, -0.2) is 37.2 Å². The van der Waals surface area contributed by atoms with Gasteiger partial charge in [0, 0.05) is 19.3 Å². The average molecular weight is 1030 g/mol. The number of carbonyl (C=O) groups excluding carboxylic acids is 3. The summed E-state index contributed by atoms with van der Waals surface area (Å²) in [4.78, 5) is 38.2. The molecule has 1 unspecified atom stereocenters. The molecule has 75 heavy (non-hydrogen) atoms. The van der Waals surface area contributed by atoms with Crippen molar-refractivity contribution >= 4 is 17.9 Å². The molecule has 416 valence electrons. The highest BCUT2D eigenvalue weighted by molar-refractivity contribution is 5.71. The fourth-order valence-corrected chi connectivity index (χ4v) is 7.26. The highest BCUT2D eigenvalue weighted by Gasteiger charge is 2.19. The van der Waals surface area contributed by atoms with Crippen LogP contribution in [0.4, 0.5) is 0 Å². The van der Waals surface area contributed by atoms with E-state index in [0.29, 0.717) is 19.3 Å². The number of rotatable bonds is 50. The summed E-state index contributed by atoms with van der Waals surface area (Å²) in [6.45, 7) is 6.23. The summed E-state index contributed by atoms with van der Waals surface area (Å²) in [5.74, 6) is -1.08. The first kappa shape index (κ1) is 69.5. The van der Waals surface area contributed by atoms with Gasteiger partial charge in [0.1, 0.15) is 13.2 Å². The Morgan fingerprint density at radius 1 is 0.293 bits per heavy atom. The minimum absolute atomic E-state index is 0.135. The van der Waals surface area contributed by atoms with Gasteiger partial charge in [-0.2, -0.15) is 0 Å². The zero-order valence-electron chi connectivity index (χ0n) is 47.5. The number of ether oxygens (including phenoxy) is 3. The van der Waals surface area contributed by atoms with E-state index < -0.39 is 12.1 Å². The van der Waals surface area contributed by atoms with Crippen molar-refractivity contribution in [3.8, 4) is 0 Å². The van der Waals surface area contributed by atoms with Gasteiger partial charge in [-0.3, -0.25) is 14.4 Å². The smallest absolute Gasteiger partial charge is 0.306 e. The lowest BCUT2D eigenvalue weighted by Gasteiger charge is -2.18. The van der Waals surface area contributed by atoms with E-state index in [2.05, 4.69) is 118 Å². The van der Waals surface area contributed by atoms with Crippen molar-refractivity contribution in [2.24, 2.45) is 0 Å². The number of allylic oxidation sites excluding steroid dienone is 30. The number of carbonyl (C=O) groups is 3. The van der Waals surface area contributed by atoms with Gasteiger partial charge in [-0.05, 0) is 103 Å². The predicted molar refractivity (Wildman–Crippen MR) is 324 cm³/mol. The maximum Gasteiger partial charge on any atom is 0.306 e. The minimum Gasteiger partial charge on any atom is -0.462 e. The molecule has 0 fully saturated rings. The summed E-state index contributed by atoms with van der Waals surface area (Å²) in [6, 6.07) is 0. The quantitative estimate of drug-likeness (QED) is 0.0199. The normalized spacial score (nSPS) is 13.5. The maximum atomic E-state index is 12.9. The predicted octanol–water partition coefficient (Wildman–Crippen LogP) is 20.1. The first-order valence-electron chi connectivity index (χ1n) is 29.4. The van der Waals surface area contributed by atoms with Crippen LogP contribution in [0.5, 0.6) is 0 Å². The highest BCUT2D eigenvalue weighted by Crippen LogP contribution is 2.14. The third-order valence-electron chi connectivity index (χ3n) is 11.6. The van der Waals surface area contributed by atoms with Crippen LogP contribution in [0.25, 0.3) is 0 Å². The molecule has 0 rings (SSSR count). The van der Waals surface area contributed by atoms with Gasteiger partial charge in [-0.25, -0.2) is 0 Å². The van der Waals surface area contributed by atoms with Gasteiger partial charge in [-0.15, -0.1) is 0 Å². The Labute approximate surface area is 459 Å². The molecule has 0 bridgehead atoms. The van der Waals surface area contributed by atoms with Gasteiger partial charge in [0.25, 0.3) is 0 Å². The Balaban J connectivity index is 4.64. The standard InChI is InChI=1S/C69H104O6/c1-4-7-10-13-16-19-22-25-28-31-34-37-40-43-46-49-52-55-58-61-67(70)73-64-66(75-69(72)63-60-57-54-51-48-45-42-39-36-33-30-27-24-21-18-15-12-9-6-3)65-74-68(71)62-59-56-53-50-47-44-41-38-35-32-29-26-23-20-17-14-11-8-5-2/h7,9-10,12-13,16-23,25-28,30-31,34,36-37,39-40,43,45-46,48,54,57,66H,4-6,8,11,14-15,24,29,32-33,35,38,41-42,44,47,49-53,55-56,58-65H2,1-3H3/b10-7-,12-9-,16-13-,20-17-,21-18-,22-19-,26-23-,28-25-,30-27-,34-31+,39-36-,40-37-,46-43-,48-45-,57-54-. The van der Waals surface area contributed by atoms with Crippen LogP contribution < -0.4 is 0 Å². The molecule has 0 amide bonds. The second kappa shape index (κ2) is 61.1. The van der Waals surface area contributed by atoms with Crippen LogP contribution in [0.2, 0.25) is 0 Å². The SMILES string of the molecule is CC\C=C/C=C\C=C/C=C\C=C\C=C/C=C\CCCCCC(=O)OCC(COC(=O)CCCCCCCCCCCC/C=C\C=C/CCCCC)OC(=O)CC/C=C\C/C=C\C/C=C\C/C=C\C/C=C\C/C=C\CC. The fraction of sp³-hybridized carbons (Fsp3) is 0.522. The van der Waals surface area contributed by atoms with Crippen molar-refractivity contribution in [2.75, 3.05) is 13.2 Å². The van der Waals surface area contributed by atoms with Crippen molar-refractivity contribution < 1.29 is 28.6 Å². The van der Waals surface area contributed by atoms with Crippen molar-refractivity contribution in [2.45, 2.75) is 219 Å². The van der Waals surface area contributed by atoms with Crippen molar-refractivity contribution in [3.05, 3.63) is 182 Å². The first-order chi connectivity index (χ1) is 37.0. The van der Waals surface area contributed by atoms with Crippen molar-refractivity contribution in [1.29, 1.82) is 0 Å². The second-order valence-electron chi connectivity index (χ2n) is 18.6. The van der Waals surface area contributed by atoms with E-state index in [-0.39, 0.29) is 38.0 Å². The number of unbranched alkanes of at least 4 members (excludes halogenated alkanes) is 16. The Morgan fingerprint density at radius 2 is 0.613 bits per heavy atom. The fourth-order valence-electron chi connectivity index (χ4n) is 7.26. The van der Waals surface area contributed by atoms with Gasteiger partial charge >= 0.3 is 17.9 Å². The molecule has 0 saturated carbocycles. The molecule has 0 aromatic heterocycles. The maximum absolute atomic E-state index is 12.9. The van der Waals surface area contributed by atoms with E-state index >= 15 is 0 Å². The summed E-state index contributed by atoms with van der Waals surface area (Å²) in [5, 5.41) is 0. The molecule has 6 nitrogen and oxygen atoms in total. The van der Waals surface area contributed by atoms with Crippen LogP contribution >= 0.6 is 0 Å². The zero-order valence-corrected chi connectivity index (χ0v) is 47.5. The largest absolute Gasteiger partial charge is 0.462 e. The Hall–Kier alpha value is -5.49. The molecule has 0 aromatic rings. The lowest BCUT2D eigenvalue weighted by Crippen LogP contribution is -2.30. The van der Waals surface area contributed by atoms with Gasteiger partial charge in [0.2, 0.25) is 0 Å². The molecule has 6 heteroatoms. The molecule has 0 aliphatic rings. The molecular formula is C69H104O6. The third-order valence-corrected chi connectivity index (χ3v) is 11.6. The van der Waals surface area contributed by atoms with E-state index in [1.54, 1.807) is 0 Å². The van der Waals surface area contributed by atoms with E-state index in [9.17, 15) is 14.4 Å². The molecule has 0 aliphatic heterocycles. The molecule has 0 N–H and O–H groups in total. The van der Waals surface area contributed by atoms with Crippen LogP contribution in [-0.2, 0) is 28.6 Å². The van der Waals surface area contributed by atoms with E-state index in [1.807, 2.05) is 85.1 Å². The van der Waals surface area contributed by atoms with Gasteiger partial charge in [0.05, 0.1) is 0 Å². The van der Waals surface area contributed by atoms with Crippen LogP contribution in [0.1, 0.15) is 213 Å². The minimum atomic E-state index is -0.851. The summed E-state index contributed by atoms with van der Waals surface area (Å²) >= 11 is 0. The van der Waals surface area contributed by atoms with Gasteiger partial charge in [0.15, 0.2) is 6.10 Å². The Kier molecular flexibility index (Phi) is 56.6. The van der Waals surface area contributed by atoms with Crippen LogP contribution in [0.3, 0.4) is 0 Å². The average Bonchev–Trinajstić information content (AvgIpc) is 3.41. The molecule has 1 atom stereocenters. The summed E-state index contributed by atoms with van der Waals surface area (Å²) in [5.41, 5.74) is 0. The molecule has 0 aromatic carbocycles. The van der Waals surface area contributed by atoms with Gasteiger partial charge in [-0.1, -0.05) is 274 Å². The lowest BCUT2D eigenvalue weighted by atomic mass is 10.1. The zero-order chi connectivity index (χ0) is 54.3. The van der Waals surface area contributed by atoms with Crippen LogP contribution in [0, 0.1) is 0 Å². The van der Waals surface area contributed by atoms with Crippen molar-refractivity contribution in [1.82, 2.24) is 0 Å². The summed E-state index contributed by atoms with van der Waals surface area (Å²) in [7, 11) is 0. The molecule has 0 radical (unpaired) electrons. The Bertz CT molecular complexity index is 1800. The highest BCUT2D eigenvalue weighted by atomic mass is 16.6.